The van der Waals surface area contributed by atoms with Crippen molar-refractivity contribution in [2.75, 3.05) is 13.7 Å². The molecule has 8 heteroatoms. The first-order valence-corrected chi connectivity index (χ1v) is 9.26. The Morgan fingerprint density at radius 3 is 2.64 bits per heavy atom. The van der Waals surface area contributed by atoms with Crippen molar-refractivity contribution in [1.29, 1.82) is 0 Å². The van der Waals surface area contributed by atoms with E-state index in [1.165, 1.54) is 19.2 Å². The van der Waals surface area contributed by atoms with Crippen LogP contribution in [-0.2, 0) is 11.3 Å². The van der Waals surface area contributed by atoms with E-state index < -0.39 is 12.2 Å². The molecular weight excluding hydrogens is 407 g/mol. The van der Waals surface area contributed by atoms with Crippen molar-refractivity contribution >= 4 is 23.2 Å². The van der Waals surface area contributed by atoms with Gasteiger partial charge in [0.25, 0.3) is 0 Å². The van der Waals surface area contributed by atoms with Gasteiger partial charge in [0.05, 0.1) is 17.7 Å². The van der Waals surface area contributed by atoms with Crippen LogP contribution >= 0.6 is 23.2 Å². The highest BCUT2D eigenvalue weighted by atomic mass is 35.5. The van der Waals surface area contributed by atoms with E-state index >= 15 is 0 Å². The summed E-state index contributed by atoms with van der Waals surface area (Å²) in [5, 5.41) is 40.0. The van der Waals surface area contributed by atoms with Gasteiger partial charge in [-0.05, 0) is 35.9 Å². The fourth-order valence-corrected chi connectivity index (χ4v) is 3.12. The van der Waals surface area contributed by atoms with E-state index in [2.05, 4.69) is 5.73 Å². The lowest BCUT2D eigenvalue weighted by molar-refractivity contribution is 0.145. The summed E-state index contributed by atoms with van der Waals surface area (Å²) in [6.45, 7) is -0.0349. The summed E-state index contributed by atoms with van der Waals surface area (Å²) in [4.78, 5) is 0. The lowest BCUT2D eigenvalue weighted by Crippen LogP contribution is -2.03. The second-order valence-corrected chi connectivity index (χ2v) is 6.99. The number of phenolic OH excluding ortho intramolecular Hbond substituents is 1. The van der Waals surface area contributed by atoms with Crippen molar-refractivity contribution in [3.05, 3.63) is 68.8 Å². The maximum atomic E-state index is 10.5. The summed E-state index contributed by atoms with van der Waals surface area (Å²) >= 11 is 11.8. The minimum absolute atomic E-state index is 0.0539. The second kappa shape index (κ2) is 10.7. The maximum absolute atomic E-state index is 10.5. The van der Waals surface area contributed by atoms with Gasteiger partial charge in [-0.2, -0.15) is 0 Å². The molecule has 2 rings (SSSR count). The molecule has 0 bridgehead atoms. The van der Waals surface area contributed by atoms with Gasteiger partial charge in [-0.3, -0.25) is 0 Å². The Labute approximate surface area is 172 Å². The Balaban J connectivity index is 2.12. The summed E-state index contributed by atoms with van der Waals surface area (Å²) in [5.41, 5.74) is 3.83. The van der Waals surface area contributed by atoms with E-state index in [9.17, 15) is 15.3 Å². The van der Waals surface area contributed by atoms with Gasteiger partial charge in [-0.1, -0.05) is 23.2 Å². The van der Waals surface area contributed by atoms with Crippen LogP contribution in [0, 0.1) is 0 Å². The highest BCUT2D eigenvalue weighted by Gasteiger charge is 2.18. The molecule has 0 unspecified atom stereocenters. The fourth-order valence-electron chi connectivity index (χ4n) is 2.61. The molecule has 0 spiro atoms. The number of rotatable bonds is 9. The van der Waals surface area contributed by atoms with Crippen LogP contribution in [0.25, 0.3) is 0 Å². The average Bonchev–Trinajstić information content (AvgIpc) is 3.14. The summed E-state index contributed by atoms with van der Waals surface area (Å²) in [6.07, 6.45) is -0.00471. The third-order valence-electron chi connectivity index (χ3n) is 3.99. The van der Waals surface area contributed by atoms with Crippen LogP contribution in [0.3, 0.4) is 0 Å². The molecule has 28 heavy (non-hydrogen) atoms. The molecule has 0 aliphatic heterocycles. The zero-order chi connectivity index (χ0) is 20.7. The first kappa shape index (κ1) is 22.5. The van der Waals surface area contributed by atoms with E-state index in [4.69, 9.17) is 37.5 Å². The molecule has 6 nitrogen and oxygen atoms in total. The molecule has 0 fully saturated rings. The molecule has 4 N–H and O–H groups in total. The number of furan rings is 1. The number of aliphatic hydroxyl groups is 3. The van der Waals surface area contributed by atoms with Crippen molar-refractivity contribution in [2.45, 2.75) is 31.7 Å². The van der Waals surface area contributed by atoms with Gasteiger partial charge in [-0.15, -0.1) is 5.73 Å². The molecule has 0 saturated heterocycles. The Kier molecular flexibility index (Phi) is 8.60. The molecule has 0 aliphatic rings. The Morgan fingerprint density at radius 1 is 1.25 bits per heavy atom. The molecule has 1 aromatic heterocycles. The predicted octanol–water partition coefficient (Wildman–Crippen LogP) is 4.06. The normalized spacial score (nSPS) is 13.1. The van der Waals surface area contributed by atoms with Crippen LogP contribution in [0.4, 0.5) is 0 Å². The van der Waals surface area contributed by atoms with Crippen LogP contribution in [0.15, 0.2) is 46.1 Å². The molecular formula is C20H22Cl2O6. The molecule has 0 radical (unpaired) electrons. The number of methoxy groups -OCH3 is 1. The molecule has 0 amide bonds. The van der Waals surface area contributed by atoms with Crippen molar-refractivity contribution < 1.29 is 29.6 Å². The molecule has 152 valence electrons. The largest absolute Gasteiger partial charge is 0.506 e. The van der Waals surface area contributed by atoms with E-state index in [0.29, 0.717) is 22.1 Å². The Bertz CT molecular complexity index is 854. The van der Waals surface area contributed by atoms with Crippen LogP contribution in [0.2, 0.25) is 10.0 Å². The lowest BCUT2D eigenvalue weighted by atomic mass is 10.0. The first-order chi connectivity index (χ1) is 13.3. The predicted molar refractivity (Wildman–Crippen MR) is 105 cm³/mol. The third kappa shape index (κ3) is 6.12. The van der Waals surface area contributed by atoms with Gasteiger partial charge in [0, 0.05) is 30.5 Å². The quantitative estimate of drug-likeness (QED) is 0.449. The smallest absolute Gasteiger partial charge is 0.140 e. The topological polar surface area (TPSA) is 103 Å². The SMILES string of the molecule is COCC(=C=CC[C@H](O)c1ccc(CO)o1)C[C@H](O)c1cc(Cl)cc(Cl)c1O. The van der Waals surface area contributed by atoms with Gasteiger partial charge in [0.1, 0.15) is 30.0 Å². The lowest BCUT2D eigenvalue weighted by Gasteiger charge is -2.15. The first-order valence-electron chi connectivity index (χ1n) is 8.51. The highest BCUT2D eigenvalue weighted by Crippen LogP contribution is 2.36. The summed E-state index contributed by atoms with van der Waals surface area (Å²) < 4.78 is 10.4. The number of benzene rings is 1. The van der Waals surface area contributed by atoms with E-state index in [0.717, 1.165) is 0 Å². The van der Waals surface area contributed by atoms with E-state index in [1.807, 2.05) is 0 Å². The number of hydrogen-bond acceptors (Lipinski definition) is 6. The number of ether oxygens (including phenoxy) is 1. The molecule has 1 heterocycles. The van der Waals surface area contributed by atoms with E-state index in [1.54, 1.807) is 18.2 Å². The summed E-state index contributed by atoms with van der Waals surface area (Å²) in [5.74, 6) is 0.484. The standard InChI is InChI=1S/C20H22Cl2O6/c1-27-11-12(3-2-4-17(24)19-6-5-14(10-23)28-19)7-18(25)15-8-13(21)9-16(22)20(15)26/h2,5-6,8-9,17-18,23-26H,4,7,10-11H2,1H3/t3?,17-,18-/m0/s1. The van der Waals surface area contributed by atoms with Gasteiger partial charge in [0.15, 0.2) is 0 Å². The second-order valence-electron chi connectivity index (χ2n) is 6.14. The Morgan fingerprint density at radius 2 is 2.00 bits per heavy atom. The van der Waals surface area contributed by atoms with Crippen LogP contribution in [0.1, 0.15) is 42.1 Å². The summed E-state index contributed by atoms with van der Waals surface area (Å²) in [6, 6.07) is 6.02. The van der Waals surface area contributed by atoms with Crippen LogP contribution in [-0.4, -0.2) is 34.1 Å². The number of hydrogen-bond donors (Lipinski definition) is 4. The van der Waals surface area contributed by atoms with Crippen molar-refractivity contribution in [3.63, 3.8) is 0 Å². The average molecular weight is 429 g/mol. The number of aromatic hydroxyl groups is 1. The maximum Gasteiger partial charge on any atom is 0.140 e. The zero-order valence-corrected chi connectivity index (χ0v) is 16.7. The Hall–Kier alpha value is -1.76. The molecule has 1 aromatic carbocycles. The van der Waals surface area contributed by atoms with Crippen LogP contribution in [0.5, 0.6) is 5.75 Å². The summed E-state index contributed by atoms with van der Waals surface area (Å²) in [7, 11) is 1.51. The monoisotopic (exact) mass is 428 g/mol. The van der Waals surface area contributed by atoms with Gasteiger partial charge in [0.2, 0.25) is 0 Å². The number of phenols is 1. The van der Waals surface area contributed by atoms with Gasteiger partial charge >= 0.3 is 0 Å². The minimum Gasteiger partial charge on any atom is -0.506 e. The van der Waals surface area contributed by atoms with Gasteiger partial charge < -0.3 is 29.6 Å². The number of aliphatic hydroxyl groups excluding tert-OH is 3. The van der Waals surface area contributed by atoms with Crippen molar-refractivity contribution in [3.8, 4) is 5.75 Å². The molecule has 2 aromatic rings. The minimum atomic E-state index is -1.07. The molecule has 0 aliphatic carbocycles. The third-order valence-corrected chi connectivity index (χ3v) is 4.50. The fraction of sp³-hybridized carbons (Fsp3) is 0.350. The van der Waals surface area contributed by atoms with Crippen molar-refractivity contribution in [2.24, 2.45) is 0 Å². The number of halogens is 2. The molecule has 2 atom stereocenters. The zero-order valence-electron chi connectivity index (χ0n) is 15.2. The van der Waals surface area contributed by atoms with E-state index in [-0.39, 0.29) is 42.4 Å². The van der Waals surface area contributed by atoms with Crippen molar-refractivity contribution in [1.82, 2.24) is 0 Å². The van der Waals surface area contributed by atoms with Gasteiger partial charge in [-0.25, -0.2) is 0 Å². The highest BCUT2D eigenvalue weighted by molar-refractivity contribution is 6.35. The van der Waals surface area contributed by atoms with Crippen LogP contribution < -0.4 is 0 Å². The molecule has 0 saturated carbocycles.